The number of nitrogens with one attached hydrogen (secondary N) is 1. The number of carbonyl (C=O) groups excluding carboxylic acids is 1. The zero-order valence-electron chi connectivity index (χ0n) is 10.4. The lowest BCUT2D eigenvalue weighted by Crippen LogP contribution is -2.40. The van der Waals surface area contributed by atoms with Crippen LogP contribution in [-0.2, 0) is 11.3 Å². The second-order valence-electron chi connectivity index (χ2n) is 4.06. The SMILES string of the molecule is CCCC[C@H](N)C(=O)NCc1ccnc(C)n1. The molecule has 1 aromatic heterocycles. The van der Waals surface area contributed by atoms with Crippen molar-refractivity contribution in [3.8, 4) is 0 Å². The summed E-state index contributed by atoms with van der Waals surface area (Å²) in [6.45, 7) is 4.30. The number of amides is 1. The van der Waals surface area contributed by atoms with Gasteiger partial charge in [0.15, 0.2) is 0 Å². The summed E-state index contributed by atoms with van der Waals surface area (Å²) < 4.78 is 0. The quantitative estimate of drug-likeness (QED) is 0.769. The second kappa shape index (κ2) is 6.96. The van der Waals surface area contributed by atoms with Gasteiger partial charge in [0, 0.05) is 6.20 Å². The molecule has 1 heterocycles. The molecular weight excluding hydrogens is 216 g/mol. The van der Waals surface area contributed by atoms with Crippen LogP contribution in [0.3, 0.4) is 0 Å². The number of aryl methyl sites for hydroxylation is 1. The average Bonchev–Trinajstić information content (AvgIpc) is 2.33. The van der Waals surface area contributed by atoms with E-state index in [0.29, 0.717) is 12.4 Å². The summed E-state index contributed by atoms with van der Waals surface area (Å²) in [4.78, 5) is 19.8. The largest absolute Gasteiger partial charge is 0.349 e. The van der Waals surface area contributed by atoms with E-state index in [0.717, 1.165) is 25.0 Å². The molecule has 0 spiro atoms. The highest BCUT2D eigenvalue weighted by Gasteiger charge is 2.12. The molecule has 1 atom stereocenters. The number of carbonyl (C=O) groups is 1. The van der Waals surface area contributed by atoms with E-state index in [1.54, 1.807) is 12.3 Å². The molecule has 0 aliphatic carbocycles. The maximum atomic E-state index is 11.6. The molecule has 1 amide bonds. The Morgan fingerprint density at radius 2 is 2.35 bits per heavy atom. The Morgan fingerprint density at radius 1 is 1.59 bits per heavy atom. The highest BCUT2D eigenvalue weighted by Crippen LogP contribution is 1.99. The lowest BCUT2D eigenvalue weighted by atomic mass is 10.1. The third-order valence-corrected chi connectivity index (χ3v) is 2.48. The average molecular weight is 236 g/mol. The molecule has 0 radical (unpaired) electrons. The van der Waals surface area contributed by atoms with Gasteiger partial charge >= 0.3 is 0 Å². The van der Waals surface area contributed by atoms with E-state index in [1.807, 2.05) is 6.92 Å². The number of rotatable bonds is 6. The van der Waals surface area contributed by atoms with Crippen LogP contribution in [0.1, 0.15) is 37.7 Å². The topological polar surface area (TPSA) is 80.9 Å². The first-order valence-corrected chi connectivity index (χ1v) is 5.95. The predicted octanol–water partition coefficient (Wildman–Crippen LogP) is 0.919. The normalized spacial score (nSPS) is 12.2. The van der Waals surface area contributed by atoms with Crippen molar-refractivity contribution < 1.29 is 4.79 Å². The first kappa shape index (κ1) is 13.6. The molecule has 1 rings (SSSR count). The maximum absolute atomic E-state index is 11.6. The third kappa shape index (κ3) is 4.91. The third-order valence-electron chi connectivity index (χ3n) is 2.48. The zero-order chi connectivity index (χ0) is 12.7. The van der Waals surface area contributed by atoms with Crippen molar-refractivity contribution in [2.75, 3.05) is 0 Å². The van der Waals surface area contributed by atoms with Gasteiger partial charge < -0.3 is 11.1 Å². The predicted molar refractivity (Wildman–Crippen MR) is 66.1 cm³/mol. The van der Waals surface area contributed by atoms with Crippen molar-refractivity contribution in [3.05, 3.63) is 23.8 Å². The van der Waals surface area contributed by atoms with Gasteiger partial charge in [-0.2, -0.15) is 0 Å². The van der Waals surface area contributed by atoms with Gasteiger partial charge in [0.2, 0.25) is 5.91 Å². The fourth-order valence-corrected chi connectivity index (χ4v) is 1.47. The molecule has 5 nitrogen and oxygen atoms in total. The van der Waals surface area contributed by atoms with Crippen molar-refractivity contribution >= 4 is 5.91 Å². The van der Waals surface area contributed by atoms with Crippen LogP contribution in [0.25, 0.3) is 0 Å². The molecule has 0 aromatic carbocycles. The second-order valence-corrected chi connectivity index (χ2v) is 4.06. The number of nitrogens with zero attached hydrogens (tertiary/aromatic N) is 2. The molecule has 0 fully saturated rings. The number of hydrogen-bond donors (Lipinski definition) is 2. The summed E-state index contributed by atoms with van der Waals surface area (Å²) in [6.07, 6.45) is 4.43. The van der Waals surface area contributed by atoms with Crippen LogP contribution in [0.2, 0.25) is 0 Å². The standard InChI is InChI=1S/C12H20N4O/c1-3-4-5-11(13)12(17)15-8-10-6-7-14-9(2)16-10/h6-7,11H,3-5,8,13H2,1-2H3,(H,15,17)/t11-/m0/s1. The van der Waals surface area contributed by atoms with Gasteiger partial charge in [-0.3, -0.25) is 4.79 Å². The Kier molecular flexibility index (Phi) is 5.56. The van der Waals surface area contributed by atoms with Gasteiger partial charge in [-0.25, -0.2) is 9.97 Å². The maximum Gasteiger partial charge on any atom is 0.237 e. The van der Waals surface area contributed by atoms with Gasteiger partial charge in [-0.05, 0) is 19.4 Å². The van der Waals surface area contributed by atoms with Gasteiger partial charge in [-0.1, -0.05) is 19.8 Å². The van der Waals surface area contributed by atoms with Crippen LogP contribution < -0.4 is 11.1 Å². The van der Waals surface area contributed by atoms with Gasteiger partial charge in [0.25, 0.3) is 0 Å². The summed E-state index contributed by atoms with van der Waals surface area (Å²) >= 11 is 0. The Hall–Kier alpha value is -1.49. The number of unbranched alkanes of at least 4 members (excludes halogenated alkanes) is 1. The molecule has 0 saturated carbocycles. The molecule has 0 aliphatic rings. The first-order valence-electron chi connectivity index (χ1n) is 5.95. The molecule has 0 bridgehead atoms. The van der Waals surface area contributed by atoms with Gasteiger partial charge in [0.05, 0.1) is 18.3 Å². The van der Waals surface area contributed by atoms with Crippen molar-refractivity contribution in [2.45, 2.75) is 45.7 Å². The van der Waals surface area contributed by atoms with E-state index < -0.39 is 6.04 Å². The van der Waals surface area contributed by atoms with E-state index in [-0.39, 0.29) is 5.91 Å². The van der Waals surface area contributed by atoms with Crippen LogP contribution in [0.15, 0.2) is 12.3 Å². The van der Waals surface area contributed by atoms with E-state index in [9.17, 15) is 4.79 Å². The molecular formula is C12H20N4O. The van der Waals surface area contributed by atoms with Crippen molar-refractivity contribution in [1.82, 2.24) is 15.3 Å². The minimum Gasteiger partial charge on any atom is -0.349 e. The highest BCUT2D eigenvalue weighted by atomic mass is 16.2. The molecule has 0 unspecified atom stereocenters. The summed E-state index contributed by atoms with van der Waals surface area (Å²) in [5.74, 6) is 0.585. The monoisotopic (exact) mass is 236 g/mol. The summed E-state index contributed by atoms with van der Waals surface area (Å²) in [5, 5.41) is 2.78. The molecule has 0 aliphatic heterocycles. The molecule has 17 heavy (non-hydrogen) atoms. The summed E-state index contributed by atoms with van der Waals surface area (Å²) in [7, 11) is 0. The van der Waals surface area contributed by atoms with E-state index in [4.69, 9.17) is 5.73 Å². The van der Waals surface area contributed by atoms with Crippen molar-refractivity contribution in [2.24, 2.45) is 5.73 Å². The molecule has 1 aromatic rings. The van der Waals surface area contributed by atoms with Crippen molar-refractivity contribution in [1.29, 1.82) is 0 Å². The molecule has 5 heteroatoms. The van der Waals surface area contributed by atoms with Crippen LogP contribution in [-0.4, -0.2) is 21.9 Å². The fourth-order valence-electron chi connectivity index (χ4n) is 1.47. The van der Waals surface area contributed by atoms with Crippen molar-refractivity contribution in [3.63, 3.8) is 0 Å². The smallest absolute Gasteiger partial charge is 0.237 e. The van der Waals surface area contributed by atoms with Gasteiger partial charge in [-0.15, -0.1) is 0 Å². The van der Waals surface area contributed by atoms with E-state index >= 15 is 0 Å². The minimum absolute atomic E-state index is 0.116. The Balaban J connectivity index is 2.37. The number of nitrogens with two attached hydrogens (primary N) is 1. The lowest BCUT2D eigenvalue weighted by Gasteiger charge is -2.11. The Bertz CT molecular complexity index is 367. The van der Waals surface area contributed by atoms with Gasteiger partial charge in [0.1, 0.15) is 5.82 Å². The van der Waals surface area contributed by atoms with Crippen LogP contribution >= 0.6 is 0 Å². The Labute approximate surface area is 102 Å². The zero-order valence-corrected chi connectivity index (χ0v) is 10.4. The molecule has 3 N–H and O–H groups in total. The van der Waals surface area contributed by atoms with Crippen LogP contribution in [0.5, 0.6) is 0 Å². The Morgan fingerprint density at radius 3 is 3.00 bits per heavy atom. The van der Waals surface area contributed by atoms with Crippen LogP contribution in [0.4, 0.5) is 0 Å². The molecule has 94 valence electrons. The van der Waals surface area contributed by atoms with Crippen LogP contribution in [0, 0.1) is 6.92 Å². The lowest BCUT2D eigenvalue weighted by molar-refractivity contribution is -0.122. The summed E-state index contributed by atoms with van der Waals surface area (Å²) in [6, 6.07) is 1.36. The number of aromatic nitrogens is 2. The van der Waals surface area contributed by atoms with E-state index in [1.165, 1.54) is 0 Å². The fraction of sp³-hybridized carbons (Fsp3) is 0.583. The summed E-state index contributed by atoms with van der Waals surface area (Å²) in [5.41, 5.74) is 6.55. The minimum atomic E-state index is -0.419. The van der Waals surface area contributed by atoms with E-state index in [2.05, 4.69) is 22.2 Å². The number of hydrogen-bond acceptors (Lipinski definition) is 4. The molecule has 0 saturated heterocycles. The highest BCUT2D eigenvalue weighted by molar-refractivity contribution is 5.81. The first-order chi connectivity index (χ1) is 8.13.